The zero-order valence-electron chi connectivity index (χ0n) is 12.7. The van der Waals surface area contributed by atoms with E-state index in [4.69, 9.17) is 0 Å². The van der Waals surface area contributed by atoms with E-state index in [1.54, 1.807) is 0 Å². The lowest BCUT2D eigenvalue weighted by atomic mass is 10.0. The van der Waals surface area contributed by atoms with Gasteiger partial charge in [0.25, 0.3) is 0 Å². The molecule has 0 saturated carbocycles. The predicted octanol–water partition coefficient (Wildman–Crippen LogP) is 5.14. The van der Waals surface area contributed by atoms with Crippen molar-refractivity contribution in [2.75, 3.05) is 0 Å². The van der Waals surface area contributed by atoms with Gasteiger partial charge in [-0.3, -0.25) is 0 Å². The molecule has 0 amide bonds. The molecule has 0 N–H and O–H groups in total. The third-order valence-corrected chi connectivity index (χ3v) is 5.21. The van der Waals surface area contributed by atoms with Crippen LogP contribution in [0.1, 0.15) is 11.1 Å². The van der Waals surface area contributed by atoms with Crippen LogP contribution >= 0.6 is 0 Å². The van der Waals surface area contributed by atoms with E-state index in [-0.39, 0.29) is 0 Å². The fourth-order valence-electron chi connectivity index (χ4n) is 2.51. The second kappa shape index (κ2) is 6.29. The molecule has 110 valence electrons. The van der Waals surface area contributed by atoms with Gasteiger partial charge in [0, 0.05) is 4.90 Å². The van der Waals surface area contributed by atoms with Crippen molar-refractivity contribution in [1.82, 2.24) is 0 Å². The van der Waals surface area contributed by atoms with Gasteiger partial charge in [0.05, 0.1) is 15.7 Å². The summed E-state index contributed by atoms with van der Waals surface area (Å²) < 4.78 is 13.0. The van der Waals surface area contributed by atoms with Crippen molar-refractivity contribution in [2.45, 2.75) is 23.6 Å². The molecule has 0 aromatic heterocycles. The first-order chi connectivity index (χ1) is 10.7. The second-order valence-corrected chi connectivity index (χ2v) is 6.84. The summed E-state index contributed by atoms with van der Waals surface area (Å²) in [6.45, 7) is 4.12. The molecular formula is C20H18OS. The van der Waals surface area contributed by atoms with Gasteiger partial charge < -0.3 is 0 Å². The number of benzene rings is 3. The van der Waals surface area contributed by atoms with E-state index in [9.17, 15) is 4.21 Å². The molecule has 0 saturated heterocycles. The maximum Gasteiger partial charge on any atom is 0.0855 e. The lowest BCUT2D eigenvalue weighted by molar-refractivity contribution is 0.683. The lowest BCUT2D eigenvalue weighted by Crippen LogP contribution is -1.97. The molecule has 3 aromatic carbocycles. The molecule has 1 unspecified atom stereocenters. The highest BCUT2D eigenvalue weighted by Crippen LogP contribution is 2.31. The smallest absolute Gasteiger partial charge is 0.0855 e. The highest BCUT2D eigenvalue weighted by atomic mass is 32.2. The van der Waals surface area contributed by atoms with Crippen molar-refractivity contribution in [3.8, 4) is 11.1 Å². The van der Waals surface area contributed by atoms with Gasteiger partial charge in [-0.2, -0.15) is 0 Å². The van der Waals surface area contributed by atoms with Crippen LogP contribution < -0.4 is 0 Å². The first-order valence-corrected chi connectivity index (χ1v) is 8.45. The maximum absolute atomic E-state index is 13.0. The minimum atomic E-state index is -1.18. The van der Waals surface area contributed by atoms with Crippen LogP contribution in [-0.2, 0) is 10.8 Å². The molecule has 1 atom stereocenters. The summed E-state index contributed by atoms with van der Waals surface area (Å²) >= 11 is 0. The minimum absolute atomic E-state index is 0.839. The highest BCUT2D eigenvalue weighted by Gasteiger charge is 2.13. The molecule has 0 bridgehead atoms. The van der Waals surface area contributed by atoms with Crippen molar-refractivity contribution in [1.29, 1.82) is 0 Å². The Bertz CT molecular complexity index is 819. The largest absolute Gasteiger partial charge is 0.249 e. The van der Waals surface area contributed by atoms with Gasteiger partial charge in [-0.15, -0.1) is 0 Å². The Morgan fingerprint density at radius 3 is 1.95 bits per heavy atom. The van der Waals surface area contributed by atoms with Crippen LogP contribution in [0.4, 0.5) is 0 Å². The Morgan fingerprint density at radius 2 is 1.27 bits per heavy atom. The minimum Gasteiger partial charge on any atom is -0.249 e. The monoisotopic (exact) mass is 306 g/mol. The SMILES string of the molecule is Cc1ccc(S(=O)c2ccccc2-c2ccccc2C)cc1. The average molecular weight is 306 g/mol. The van der Waals surface area contributed by atoms with Crippen molar-refractivity contribution in [2.24, 2.45) is 0 Å². The highest BCUT2D eigenvalue weighted by molar-refractivity contribution is 7.85. The van der Waals surface area contributed by atoms with Crippen LogP contribution in [0, 0.1) is 13.8 Å². The summed E-state index contributed by atoms with van der Waals surface area (Å²) in [5.41, 5.74) is 4.54. The fourth-order valence-corrected chi connectivity index (χ4v) is 3.73. The predicted molar refractivity (Wildman–Crippen MR) is 92.5 cm³/mol. The number of hydrogen-bond donors (Lipinski definition) is 0. The Morgan fingerprint density at radius 1 is 0.682 bits per heavy atom. The molecule has 0 heterocycles. The molecule has 0 fully saturated rings. The summed E-state index contributed by atoms with van der Waals surface area (Å²) in [6, 6.07) is 24.1. The first kappa shape index (κ1) is 14.7. The second-order valence-electron chi connectivity index (χ2n) is 5.39. The van der Waals surface area contributed by atoms with Crippen LogP contribution in [0.5, 0.6) is 0 Å². The van der Waals surface area contributed by atoms with E-state index in [0.29, 0.717) is 0 Å². The van der Waals surface area contributed by atoms with Gasteiger partial charge in [-0.1, -0.05) is 60.2 Å². The van der Waals surface area contributed by atoms with E-state index in [1.807, 2.05) is 67.6 Å². The van der Waals surface area contributed by atoms with Crippen LogP contribution in [0.2, 0.25) is 0 Å². The van der Waals surface area contributed by atoms with Gasteiger partial charge in [0.15, 0.2) is 0 Å². The van der Waals surface area contributed by atoms with Gasteiger partial charge in [-0.05, 0) is 48.7 Å². The molecule has 0 radical (unpaired) electrons. The summed E-state index contributed by atoms with van der Waals surface area (Å²) in [5, 5.41) is 0. The van der Waals surface area contributed by atoms with Gasteiger partial charge in [-0.25, -0.2) is 4.21 Å². The Hall–Kier alpha value is -2.19. The molecule has 1 nitrogen and oxygen atoms in total. The van der Waals surface area contributed by atoms with Gasteiger partial charge >= 0.3 is 0 Å². The van der Waals surface area contributed by atoms with Crippen LogP contribution in [-0.4, -0.2) is 4.21 Å². The van der Waals surface area contributed by atoms with Crippen molar-refractivity contribution in [3.63, 3.8) is 0 Å². The van der Waals surface area contributed by atoms with E-state index >= 15 is 0 Å². The summed E-state index contributed by atoms with van der Waals surface area (Å²) in [4.78, 5) is 1.70. The Balaban J connectivity index is 2.11. The summed E-state index contributed by atoms with van der Waals surface area (Å²) in [7, 11) is -1.18. The topological polar surface area (TPSA) is 17.1 Å². The Kier molecular flexibility index (Phi) is 4.21. The summed E-state index contributed by atoms with van der Waals surface area (Å²) in [5.74, 6) is 0. The molecule has 0 aliphatic heterocycles. The number of aryl methyl sites for hydroxylation is 2. The average Bonchev–Trinajstić information content (AvgIpc) is 2.55. The van der Waals surface area contributed by atoms with Gasteiger partial charge in [0.2, 0.25) is 0 Å². The van der Waals surface area contributed by atoms with Crippen molar-refractivity contribution >= 4 is 10.8 Å². The third kappa shape index (κ3) is 2.88. The number of rotatable bonds is 3. The summed E-state index contributed by atoms with van der Waals surface area (Å²) in [6.07, 6.45) is 0. The Labute approximate surface area is 134 Å². The normalized spacial score (nSPS) is 12.1. The van der Waals surface area contributed by atoms with E-state index in [0.717, 1.165) is 20.9 Å². The standard InChI is InChI=1S/C20H18OS/c1-15-11-13-17(14-12-15)22(21)20-10-6-5-9-19(20)18-8-4-3-7-16(18)2/h3-14H,1-2H3. The van der Waals surface area contributed by atoms with E-state index < -0.39 is 10.8 Å². The molecule has 0 aliphatic carbocycles. The maximum atomic E-state index is 13.0. The fraction of sp³-hybridized carbons (Fsp3) is 0.100. The molecule has 3 aromatic rings. The zero-order chi connectivity index (χ0) is 15.5. The zero-order valence-corrected chi connectivity index (χ0v) is 13.6. The van der Waals surface area contributed by atoms with E-state index in [2.05, 4.69) is 19.1 Å². The van der Waals surface area contributed by atoms with Crippen molar-refractivity contribution in [3.05, 3.63) is 83.9 Å². The molecule has 3 rings (SSSR count). The number of hydrogen-bond acceptors (Lipinski definition) is 1. The molecule has 0 spiro atoms. The first-order valence-electron chi connectivity index (χ1n) is 7.30. The van der Waals surface area contributed by atoms with Gasteiger partial charge in [0.1, 0.15) is 0 Å². The molecular weight excluding hydrogens is 288 g/mol. The molecule has 2 heteroatoms. The third-order valence-electron chi connectivity index (χ3n) is 3.76. The van der Waals surface area contributed by atoms with Crippen LogP contribution in [0.15, 0.2) is 82.6 Å². The van der Waals surface area contributed by atoms with Crippen molar-refractivity contribution < 1.29 is 4.21 Å². The molecule has 0 aliphatic rings. The van der Waals surface area contributed by atoms with Crippen LogP contribution in [0.3, 0.4) is 0 Å². The molecule has 22 heavy (non-hydrogen) atoms. The lowest BCUT2D eigenvalue weighted by Gasteiger charge is -2.12. The van der Waals surface area contributed by atoms with Crippen LogP contribution in [0.25, 0.3) is 11.1 Å². The van der Waals surface area contributed by atoms with E-state index in [1.165, 1.54) is 11.1 Å². The quantitative estimate of drug-likeness (QED) is 0.655.